The first-order valence-corrected chi connectivity index (χ1v) is 9.99. The van der Waals surface area contributed by atoms with Gasteiger partial charge in [0.2, 0.25) is 0 Å². The van der Waals surface area contributed by atoms with Crippen molar-refractivity contribution in [1.82, 2.24) is 15.3 Å². The zero-order valence-electron chi connectivity index (χ0n) is 16.2. The summed E-state index contributed by atoms with van der Waals surface area (Å²) in [5.41, 5.74) is 3.01. The molecule has 7 nitrogen and oxygen atoms in total. The molecule has 0 saturated carbocycles. The highest BCUT2D eigenvalue weighted by Crippen LogP contribution is 2.22. The maximum atomic E-state index is 12.5. The van der Waals surface area contributed by atoms with Crippen molar-refractivity contribution < 1.29 is 18.7 Å². The van der Waals surface area contributed by atoms with Crippen LogP contribution in [0.1, 0.15) is 33.1 Å². The summed E-state index contributed by atoms with van der Waals surface area (Å²) < 4.78 is 10.3. The highest BCUT2D eigenvalue weighted by molar-refractivity contribution is 7.98. The van der Waals surface area contributed by atoms with Crippen LogP contribution in [0.3, 0.4) is 0 Å². The summed E-state index contributed by atoms with van der Waals surface area (Å²) in [6, 6.07) is 12.5. The second kappa shape index (κ2) is 9.88. The Hall–Kier alpha value is -3.13. The van der Waals surface area contributed by atoms with Crippen molar-refractivity contribution in [1.29, 1.82) is 0 Å². The van der Waals surface area contributed by atoms with E-state index >= 15 is 0 Å². The number of rotatable bonds is 8. The minimum atomic E-state index is -0.546. The van der Waals surface area contributed by atoms with E-state index in [1.807, 2.05) is 32.0 Å². The van der Waals surface area contributed by atoms with Crippen molar-refractivity contribution in [3.8, 4) is 0 Å². The Labute approximate surface area is 172 Å². The predicted molar refractivity (Wildman–Crippen MR) is 108 cm³/mol. The van der Waals surface area contributed by atoms with Gasteiger partial charge in [0.1, 0.15) is 5.76 Å². The van der Waals surface area contributed by atoms with Gasteiger partial charge in [-0.1, -0.05) is 30.0 Å². The zero-order valence-corrected chi connectivity index (χ0v) is 17.0. The van der Waals surface area contributed by atoms with Crippen LogP contribution in [0.2, 0.25) is 0 Å². The lowest BCUT2D eigenvalue weighted by Gasteiger charge is -2.10. The first kappa shape index (κ1) is 20.6. The molecule has 0 unspecified atom stereocenters. The van der Waals surface area contributed by atoms with Gasteiger partial charge in [-0.3, -0.25) is 4.79 Å². The standard InChI is InChI=1S/C21H21N3O4S/c1-14-10-15(2)24-21(23-14)29-13-16-6-3-4-8-18(16)20(26)28-12-19(25)22-11-17-7-5-9-27-17/h3-10H,11-13H2,1-2H3,(H,22,25). The topological polar surface area (TPSA) is 94.3 Å². The van der Waals surface area contributed by atoms with Gasteiger partial charge in [0.05, 0.1) is 18.4 Å². The number of aryl methyl sites for hydroxylation is 2. The highest BCUT2D eigenvalue weighted by Gasteiger charge is 2.15. The molecule has 3 aromatic rings. The molecule has 3 rings (SSSR count). The van der Waals surface area contributed by atoms with Gasteiger partial charge < -0.3 is 14.5 Å². The molecule has 1 amide bonds. The fourth-order valence-electron chi connectivity index (χ4n) is 2.60. The summed E-state index contributed by atoms with van der Waals surface area (Å²) in [6.45, 7) is 3.72. The van der Waals surface area contributed by atoms with Crippen LogP contribution in [0.25, 0.3) is 0 Å². The van der Waals surface area contributed by atoms with Crippen molar-refractivity contribution in [3.05, 3.63) is 77.0 Å². The molecule has 0 bridgehead atoms. The van der Waals surface area contributed by atoms with E-state index < -0.39 is 11.9 Å². The van der Waals surface area contributed by atoms with Crippen molar-refractivity contribution in [2.75, 3.05) is 6.61 Å². The van der Waals surface area contributed by atoms with Crippen LogP contribution in [-0.4, -0.2) is 28.5 Å². The third-order valence-electron chi connectivity index (χ3n) is 3.93. The number of thioether (sulfide) groups is 1. The van der Waals surface area contributed by atoms with E-state index in [4.69, 9.17) is 9.15 Å². The van der Waals surface area contributed by atoms with E-state index in [2.05, 4.69) is 15.3 Å². The van der Waals surface area contributed by atoms with E-state index in [9.17, 15) is 9.59 Å². The van der Waals surface area contributed by atoms with Crippen LogP contribution in [0.5, 0.6) is 0 Å². The normalized spacial score (nSPS) is 10.6. The SMILES string of the molecule is Cc1cc(C)nc(SCc2ccccc2C(=O)OCC(=O)NCc2ccco2)n1. The molecule has 29 heavy (non-hydrogen) atoms. The van der Waals surface area contributed by atoms with Crippen molar-refractivity contribution >= 4 is 23.6 Å². The third kappa shape index (κ3) is 6.18. The largest absolute Gasteiger partial charge is 0.467 e. The van der Waals surface area contributed by atoms with Crippen molar-refractivity contribution in [2.24, 2.45) is 0 Å². The molecule has 0 spiro atoms. The monoisotopic (exact) mass is 411 g/mol. The lowest BCUT2D eigenvalue weighted by atomic mass is 10.1. The number of nitrogens with one attached hydrogen (secondary N) is 1. The van der Waals surface area contributed by atoms with Crippen LogP contribution in [-0.2, 0) is 21.8 Å². The lowest BCUT2D eigenvalue weighted by Crippen LogP contribution is -2.28. The number of amides is 1. The van der Waals surface area contributed by atoms with E-state index in [0.717, 1.165) is 17.0 Å². The van der Waals surface area contributed by atoms with Gasteiger partial charge in [-0.25, -0.2) is 14.8 Å². The van der Waals surface area contributed by atoms with Crippen molar-refractivity contribution in [3.63, 3.8) is 0 Å². The van der Waals surface area contributed by atoms with Gasteiger partial charge in [0.25, 0.3) is 5.91 Å². The summed E-state index contributed by atoms with van der Waals surface area (Å²) in [5, 5.41) is 3.29. The van der Waals surface area contributed by atoms with E-state index in [0.29, 0.717) is 22.2 Å². The van der Waals surface area contributed by atoms with Crippen LogP contribution in [0.15, 0.2) is 58.3 Å². The number of aromatic nitrogens is 2. The third-order valence-corrected chi connectivity index (χ3v) is 4.83. The minimum Gasteiger partial charge on any atom is -0.467 e. The number of esters is 1. The molecule has 8 heteroatoms. The maximum Gasteiger partial charge on any atom is 0.338 e. The molecule has 0 aliphatic carbocycles. The molecule has 0 aliphatic heterocycles. The fourth-order valence-corrected chi connectivity index (χ4v) is 3.56. The fraction of sp³-hybridized carbons (Fsp3) is 0.238. The average molecular weight is 411 g/mol. The Morgan fingerprint density at radius 2 is 1.86 bits per heavy atom. The molecule has 0 radical (unpaired) electrons. The second-order valence-corrected chi connectivity index (χ2v) is 7.25. The predicted octanol–water partition coefficient (Wildman–Crippen LogP) is 3.45. The smallest absolute Gasteiger partial charge is 0.338 e. The quantitative estimate of drug-likeness (QED) is 0.345. The molecule has 0 saturated heterocycles. The first-order valence-electron chi connectivity index (χ1n) is 9.00. The van der Waals surface area contributed by atoms with Crippen LogP contribution in [0, 0.1) is 13.8 Å². The van der Waals surface area contributed by atoms with Gasteiger partial charge in [-0.15, -0.1) is 0 Å². The first-order chi connectivity index (χ1) is 14.0. The summed E-state index contributed by atoms with van der Waals surface area (Å²) in [4.78, 5) is 33.1. The summed E-state index contributed by atoms with van der Waals surface area (Å²) in [6.07, 6.45) is 1.53. The molecule has 0 fully saturated rings. The second-order valence-electron chi connectivity index (χ2n) is 6.31. The molecule has 2 aromatic heterocycles. The van der Waals surface area contributed by atoms with Crippen LogP contribution < -0.4 is 5.32 Å². The Morgan fingerprint density at radius 1 is 1.10 bits per heavy atom. The Balaban J connectivity index is 1.55. The average Bonchev–Trinajstić information content (AvgIpc) is 3.22. The number of ether oxygens (including phenoxy) is 1. The van der Waals surface area contributed by atoms with Gasteiger partial charge in [-0.2, -0.15) is 0 Å². The van der Waals surface area contributed by atoms with Crippen molar-refractivity contribution in [2.45, 2.75) is 31.3 Å². The van der Waals surface area contributed by atoms with E-state index in [1.165, 1.54) is 18.0 Å². The van der Waals surface area contributed by atoms with E-state index in [1.54, 1.807) is 24.3 Å². The number of nitrogens with zero attached hydrogens (tertiary/aromatic N) is 2. The highest BCUT2D eigenvalue weighted by atomic mass is 32.2. The van der Waals surface area contributed by atoms with Gasteiger partial charge >= 0.3 is 5.97 Å². The summed E-state index contributed by atoms with van der Waals surface area (Å²) >= 11 is 1.44. The number of furan rings is 1. The van der Waals surface area contributed by atoms with Crippen LogP contribution in [0.4, 0.5) is 0 Å². The summed E-state index contributed by atoms with van der Waals surface area (Å²) in [5.74, 6) is 0.195. The minimum absolute atomic E-state index is 0.243. The number of carbonyl (C=O) groups excluding carboxylic acids is 2. The molecular weight excluding hydrogens is 390 g/mol. The molecule has 1 N–H and O–H groups in total. The molecule has 2 heterocycles. The molecule has 0 aliphatic rings. The number of benzene rings is 1. The zero-order chi connectivity index (χ0) is 20.6. The van der Waals surface area contributed by atoms with Gasteiger partial charge in [0.15, 0.2) is 11.8 Å². The summed E-state index contributed by atoms with van der Waals surface area (Å²) in [7, 11) is 0. The number of hydrogen-bond acceptors (Lipinski definition) is 7. The Morgan fingerprint density at radius 3 is 2.59 bits per heavy atom. The molecule has 0 atom stereocenters. The Kier molecular flexibility index (Phi) is 7.02. The van der Waals surface area contributed by atoms with Crippen LogP contribution >= 0.6 is 11.8 Å². The van der Waals surface area contributed by atoms with E-state index in [-0.39, 0.29) is 13.2 Å². The molecule has 150 valence electrons. The maximum absolute atomic E-state index is 12.5. The molecule has 1 aromatic carbocycles. The van der Waals surface area contributed by atoms with Gasteiger partial charge in [0, 0.05) is 17.1 Å². The number of hydrogen-bond donors (Lipinski definition) is 1. The molecular formula is C21H21N3O4S. The lowest BCUT2D eigenvalue weighted by molar-refractivity contribution is -0.124. The Bertz CT molecular complexity index is 969. The number of carbonyl (C=O) groups is 2. The van der Waals surface area contributed by atoms with Gasteiger partial charge in [-0.05, 0) is 43.7 Å².